The van der Waals surface area contributed by atoms with E-state index < -0.39 is 18.0 Å². The summed E-state index contributed by atoms with van der Waals surface area (Å²) in [6, 6.07) is 8.18. The molecule has 0 unspecified atom stereocenters. The lowest BCUT2D eigenvalue weighted by Crippen LogP contribution is -2.33. The molecule has 0 aliphatic carbocycles. The molecule has 4 rings (SSSR count). The van der Waals surface area contributed by atoms with Gasteiger partial charge in [-0.1, -0.05) is 0 Å². The number of halogens is 2. The van der Waals surface area contributed by atoms with Gasteiger partial charge in [-0.05, 0) is 43.3 Å². The second-order valence-corrected chi connectivity index (χ2v) is 7.85. The van der Waals surface area contributed by atoms with Gasteiger partial charge in [-0.25, -0.2) is 14.2 Å². The molecule has 0 spiro atoms. The maximum Gasteiger partial charge on any atom is 0.414 e. The summed E-state index contributed by atoms with van der Waals surface area (Å²) >= 11 is 0. The van der Waals surface area contributed by atoms with Gasteiger partial charge in [-0.15, -0.1) is 0 Å². The van der Waals surface area contributed by atoms with Crippen molar-refractivity contribution >= 4 is 23.3 Å². The summed E-state index contributed by atoms with van der Waals surface area (Å²) < 4.78 is 34.3. The molecule has 2 aromatic heterocycles. The number of amides is 2. The number of ether oxygens (including phenoxy) is 1. The highest BCUT2D eigenvalue weighted by Gasteiger charge is 2.32. The number of aromatic nitrogens is 2. The van der Waals surface area contributed by atoms with Gasteiger partial charge in [0.15, 0.2) is 0 Å². The van der Waals surface area contributed by atoms with Crippen molar-refractivity contribution in [3.8, 4) is 11.1 Å². The van der Waals surface area contributed by atoms with Gasteiger partial charge in [-0.3, -0.25) is 14.1 Å². The molecular weight excluding hydrogens is 432 g/mol. The van der Waals surface area contributed by atoms with Crippen molar-refractivity contribution in [2.75, 3.05) is 31.2 Å². The SMILES string of the molecule is CC(=O)NC[C@H]1CN(c2ccc(-c3ccc4nc(CNCCCF)cn4c3)c(F)c2)C(=O)O1. The van der Waals surface area contributed by atoms with Gasteiger partial charge in [0.05, 0.1) is 31.1 Å². The van der Waals surface area contributed by atoms with Crippen LogP contribution in [-0.4, -0.2) is 53.8 Å². The lowest BCUT2D eigenvalue weighted by atomic mass is 10.1. The Hall–Kier alpha value is -3.53. The Balaban J connectivity index is 1.48. The van der Waals surface area contributed by atoms with E-state index in [0.717, 1.165) is 11.3 Å². The molecule has 10 heteroatoms. The monoisotopic (exact) mass is 457 g/mol. The second-order valence-electron chi connectivity index (χ2n) is 7.85. The van der Waals surface area contributed by atoms with Crippen LogP contribution in [0.5, 0.6) is 0 Å². The van der Waals surface area contributed by atoms with E-state index >= 15 is 4.39 Å². The Kier molecular flexibility index (Phi) is 6.83. The molecule has 1 aliphatic heterocycles. The number of nitrogens with one attached hydrogen (secondary N) is 2. The molecule has 174 valence electrons. The van der Waals surface area contributed by atoms with Gasteiger partial charge in [0.1, 0.15) is 17.6 Å². The number of nitrogens with zero attached hydrogens (tertiary/aromatic N) is 3. The number of hydrogen-bond donors (Lipinski definition) is 2. The number of pyridine rings is 1. The summed E-state index contributed by atoms with van der Waals surface area (Å²) in [5, 5.41) is 5.74. The first kappa shape index (κ1) is 22.7. The van der Waals surface area contributed by atoms with E-state index in [9.17, 15) is 14.0 Å². The Morgan fingerprint density at radius 2 is 2.12 bits per heavy atom. The van der Waals surface area contributed by atoms with Gasteiger partial charge >= 0.3 is 6.09 Å². The van der Waals surface area contributed by atoms with Crippen LogP contribution in [0.2, 0.25) is 0 Å². The maximum absolute atomic E-state index is 15.0. The van der Waals surface area contributed by atoms with Crippen molar-refractivity contribution in [2.24, 2.45) is 0 Å². The quantitative estimate of drug-likeness (QED) is 0.483. The van der Waals surface area contributed by atoms with Crippen molar-refractivity contribution in [3.63, 3.8) is 0 Å². The topological polar surface area (TPSA) is 88.0 Å². The zero-order chi connectivity index (χ0) is 23.4. The van der Waals surface area contributed by atoms with Crippen LogP contribution < -0.4 is 15.5 Å². The van der Waals surface area contributed by atoms with Crippen LogP contribution in [0, 0.1) is 5.82 Å². The van der Waals surface area contributed by atoms with Crippen LogP contribution in [0.25, 0.3) is 16.8 Å². The summed E-state index contributed by atoms with van der Waals surface area (Å²) in [5.41, 5.74) is 2.97. The van der Waals surface area contributed by atoms with Crippen molar-refractivity contribution in [3.05, 3.63) is 54.2 Å². The molecule has 8 nitrogen and oxygen atoms in total. The molecule has 33 heavy (non-hydrogen) atoms. The maximum atomic E-state index is 15.0. The highest BCUT2D eigenvalue weighted by Crippen LogP contribution is 2.29. The van der Waals surface area contributed by atoms with Gasteiger partial charge in [0.25, 0.3) is 0 Å². The fourth-order valence-electron chi connectivity index (χ4n) is 3.70. The zero-order valence-corrected chi connectivity index (χ0v) is 18.2. The second kappa shape index (κ2) is 9.95. The Morgan fingerprint density at radius 1 is 1.27 bits per heavy atom. The van der Waals surface area contributed by atoms with E-state index in [1.165, 1.54) is 17.9 Å². The van der Waals surface area contributed by atoms with Crippen molar-refractivity contribution < 1.29 is 23.1 Å². The van der Waals surface area contributed by atoms with Crippen molar-refractivity contribution in [2.45, 2.75) is 26.0 Å². The fourth-order valence-corrected chi connectivity index (χ4v) is 3.70. The third-order valence-corrected chi connectivity index (χ3v) is 5.32. The first-order valence-corrected chi connectivity index (χ1v) is 10.7. The minimum absolute atomic E-state index is 0.205. The molecular formula is C23H25F2N5O3. The number of carbonyl (C=O) groups is 2. The summed E-state index contributed by atoms with van der Waals surface area (Å²) in [4.78, 5) is 29.1. The van der Waals surface area contributed by atoms with Crippen molar-refractivity contribution in [1.29, 1.82) is 0 Å². The van der Waals surface area contributed by atoms with Crippen molar-refractivity contribution in [1.82, 2.24) is 20.0 Å². The number of hydrogen-bond acceptors (Lipinski definition) is 5. The molecule has 3 aromatic rings. The lowest BCUT2D eigenvalue weighted by Gasteiger charge is -2.14. The number of fused-ring (bicyclic) bond motifs is 1. The molecule has 1 aromatic carbocycles. The molecule has 0 saturated carbocycles. The van der Waals surface area contributed by atoms with E-state index in [0.29, 0.717) is 36.3 Å². The Labute approximate surface area is 189 Å². The lowest BCUT2D eigenvalue weighted by molar-refractivity contribution is -0.119. The Bertz CT molecular complexity index is 1170. The van der Waals surface area contributed by atoms with Gasteiger partial charge in [0.2, 0.25) is 5.91 Å². The van der Waals surface area contributed by atoms with E-state index in [1.54, 1.807) is 30.5 Å². The van der Waals surface area contributed by atoms with E-state index in [2.05, 4.69) is 15.6 Å². The van der Waals surface area contributed by atoms with Gasteiger partial charge in [-0.2, -0.15) is 0 Å². The molecule has 2 amide bonds. The van der Waals surface area contributed by atoms with Crippen LogP contribution in [-0.2, 0) is 16.1 Å². The first-order valence-electron chi connectivity index (χ1n) is 10.7. The average Bonchev–Trinajstić information content (AvgIpc) is 3.37. The fraction of sp³-hybridized carbons (Fsp3) is 0.348. The minimum Gasteiger partial charge on any atom is -0.442 e. The smallest absolute Gasteiger partial charge is 0.414 e. The minimum atomic E-state index is -0.579. The normalized spacial score (nSPS) is 15.8. The van der Waals surface area contributed by atoms with Crippen LogP contribution in [0.15, 0.2) is 42.7 Å². The average molecular weight is 457 g/mol. The third-order valence-electron chi connectivity index (χ3n) is 5.32. The summed E-state index contributed by atoms with van der Waals surface area (Å²) in [5.74, 6) is -0.687. The molecule has 0 radical (unpaired) electrons. The largest absolute Gasteiger partial charge is 0.442 e. The standard InChI is InChI=1S/C23H25F2N5O3/c1-15(31)27-11-19-14-30(23(32)33-19)18-4-5-20(21(25)9-18)16-3-6-22-28-17(13-29(22)12-16)10-26-8-2-7-24/h3-6,9,12-13,19,26H,2,7-8,10-11,14H2,1H3,(H,27,31)/t19-/m0/s1. The highest BCUT2D eigenvalue weighted by atomic mass is 19.1. The molecule has 0 bridgehead atoms. The molecule has 1 saturated heterocycles. The van der Waals surface area contributed by atoms with E-state index in [1.807, 2.05) is 10.6 Å². The predicted molar refractivity (Wildman–Crippen MR) is 119 cm³/mol. The molecule has 1 atom stereocenters. The third kappa shape index (κ3) is 5.28. The molecule has 2 N–H and O–H groups in total. The van der Waals surface area contributed by atoms with Gasteiger partial charge in [0, 0.05) is 37.0 Å². The van der Waals surface area contributed by atoms with Crippen LogP contribution >= 0.6 is 0 Å². The van der Waals surface area contributed by atoms with Crippen LogP contribution in [0.3, 0.4) is 0 Å². The molecule has 3 heterocycles. The number of cyclic esters (lactones) is 1. The Morgan fingerprint density at radius 3 is 2.88 bits per heavy atom. The summed E-state index contributed by atoms with van der Waals surface area (Å²) in [6.07, 6.45) is 3.03. The summed E-state index contributed by atoms with van der Waals surface area (Å²) in [7, 11) is 0. The number of imidazole rings is 1. The number of benzene rings is 1. The number of carbonyl (C=O) groups excluding carboxylic acids is 2. The zero-order valence-electron chi connectivity index (χ0n) is 18.2. The van der Waals surface area contributed by atoms with Gasteiger partial charge < -0.3 is 19.8 Å². The van der Waals surface area contributed by atoms with E-state index in [-0.39, 0.29) is 25.7 Å². The number of alkyl halides is 1. The van der Waals surface area contributed by atoms with Crippen LogP contribution in [0.1, 0.15) is 19.0 Å². The highest BCUT2D eigenvalue weighted by molar-refractivity contribution is 5.90. The molecule has 1 fully saturated rings. The van der Waals surface area contributed by atoms with E-state index in [4.69, 9.17) is 4.74 Å². The molecule has 1 aliphatic rings. The van der Waals surface area contributed by atoms with Crippen LogP contribution in [0.4, 0.5) is 19.3 Å². The number of anilines is 1. The number of rotatable bonds is 9. The summed E-state index contributed by atoms with van der Waals surface area (Å²) in [6.45, 7) is 2.55. The predicted octanol–water partition coefficient (Wildman–Crippen LogP) is 3.05. The first-order chi connectivity index (χ1) is 15.9.